The van der Waals surface area contributed by atoms with Crippen molar-refractivity contribution in [2.75, 3.05) is 26.2 Å². The van der Waals surface area contributed by atoms with E-state index in [0.717, 1.165) is 54.8 Å². The fraction of sp³-hybridized carbons (Fsp3) is 0.300. The maximum atomic E-state index is 12.9. The molecule has 0 aliphatic carbocycles. The molecule has 1 aliphatic rings. The molecule has 4 rings (SSSR count). The van der Waals surface area contributed by atoms with E-state index < -0.39 is 5.95 Å². The number of hydrogen-bond donors (Lipinski definition) is 1. The first-order valence-corrected chi connectivity index (χ1v) is 8.84. The molecule has 5 nitrogen and oxygen atoms in total. The van der Waals surface area contributed by atoms with Crippen LogP contribution >= 0.6 is 0 Å². The van der Waals surface area contributed by atoms with E-state index in [1.807, 2.05) is 35.4 Å². The number of fused-ring (bicyclic) bond motifs is 1. The van der Waals surface area contributed by atoms with Crippen molar-refractivity contribution in [2.45, 2.75) is 13.0 Å². The topological polar surface area (TPSA) is 52.2 Å². The van der Waals surface area contributed by atoms with Crippen molar-refractivity contribution in [1.82, 2.24) is 19.8 Å². The number of nitrogens with one attached hydrogen (secondary N) is 1. The Morgan fingerprint density at radius 2 is 1.92 bits per heavy atom. The third-order valence-electron chi connectivity index (χ3n) is 4.94. The van der Waals surface area contributed by atoms with Gasteiger partial charge >= 0.3 is 0 Å². The van der Waals surface area contributed by atoms with Gasteiger partial charge in [-0.25, -0.2) is 4.98 Å². The van der Waals surface area contributed by atoms with Crippen LogP contribution in [-0.2, 0) is 17.8 Å². The first kappa shape index (κ1) is 16.7. The number of nitrogens with zero attached hydrogens (tertiary/aromatic N) is 3. The van der Waals surface area contributed by atoms with Gasteiger partial charge in [0.25, 0.3) is 0 Å². The van der Waals surface area contributed by atoms with Gasteiger partial charge in [-0.3, -0.25) is 9.69 Å². The van der Waals surface area contributed by atoms with Crippen LogP contribution in [0.1, 0.15) is 11.1 Å². The summed E-state index contributed by atoms with van der Waals surface area (Å²) in [5.41, 5.74) is 3.10. The molecule has 0 radical (unpaired) electrons. The van der Waals surface area contributed by atoms with Gasteiger partial charge in [0.1, 0.15) is 0 Å². The highest BCUT2D eigenvalue weighted by Crippen LogP contribution is 2.19. The number of amides is 1. The van der Waals surface area contributed by atoms with Crippen molar-refractivity contribution in [2.24, 2.45) is 0 Å². The van der Waals surface area contributed by atoms with E-state index in [2.05, 4.69) is 14.9 Å². The van der Waals surface area contributed by atoms with Crippen molar-refractivity contribution < 1.29 is 9.18 Å². The van der Waals surface area contributed by atoms with Crippen molar-refractivity contribution >= 4 is 16.8 Å². The van der Waals surface area contributed by atoms with Crippen molar-refractivity contribution in [1.29, 1.82) is 0 Å². The summed E-state index contributed by atoms with van der Waals surface area (Å²) in [6.45, 7) is 3.80. The highest BCUT2D eigenvalue weighted by molar-refractivity contribution is 5.88. The fourth-order valence-corrected chi connectivity index (χ4v) is 3.47. The molecule has 3 heterocycles. The highest BCUT2D eigenvalue weighted by Gasteiger charge is 2.22. The number of aromatic nitrogens is 2. The summed E-state index contributed by atoms with van der Waals surface area (Å²) in [6.07, 6.45) is 3.93. The third-order valence-corrected chi connectivity index (χ3v) is 4.94. The average molecular weight is 352 g/mol. The summed E-state index contributed by atoms with van der Waals surface area (Å²) in [6, 6.07) is 11.2. The van der Waals surface area contributed by atoms with Gasteiger partial charge in [0.2, 0.25) is 11.9 Å². The molecule has 0 atom stereocenters. The lowest BCUT2D eigenvalue weighted by molar-refractivity contribution is -0.132. The molecule has 1 aromatic carbocycles. The summed E-state index contributed by atoms with van der Waals surface area (Å²) >= 11 is 0. The highest BCUT2D eigenvalue weighted by atomic mass is 19.1. The molecule has 1 aliphatic heterocycles. The smallest absolute Gasteiger partial charge is 0.227 e. The first-order valence-electron chi connectivity index (χ1n) is 8.84. The zero-order chi connectivity index (χ0) is 17.9. The lowest BCUT2D eigenvalue weighted by Crippen LogP contribution is -2.48. The minimum absolute atomic E-state index is 0.165. The normalized spacial score (nSPS) is 15.5. The van der Waals surface area contributed by atoms with E-state index in [1.165, 1.54) is 6.07 Å². The van der Waals surface area contributed by atoms with Crippen LogP contribution in [0.5, 0.6) is 0 Å². The van der Waals surface area contributed by atoms with E-state index in [0.29, 0.717) is 6.42 Å². The third kappa shape index (κ3) is 3.60. The predicted octanol–water partition coefficient (Wildman–Crippen LogP) is 2.59. The molecular formula is C20H21FN4O. The van der Waals surface area contributed by atoms with Gasteiger partial charge in [-0.15, -0.1) is 0 Å². The van der Waals surface area contributed by atoms with Crippen LogP contribution in [0, 0.1) is 5.95 Å². The molecule has 1 fully saturated rings. The molecule has 0 saturated carbocycles. The Hall–Kier alpha value is -2.73. The second kappa shape index (κ2) is 7.25. The molecule has 1 N–H and O–H groups in total. The molecule has 2 aromatic heterocycles. The Morgan fingerprint density at radius 1 is 1.12 bits per heavy atom. The number of halogens is 1. The molecule has 26 heavy (non-hydrogen) atoms. The van der Waals surface area contributed by atoms with E-state index >= 15 is 0 Å². The summed E-state index contributed by atoms with van der Waals surface area (Å²) < 4.78 is 12.9. The number of aromatic amines is 1. The van der Waals surface area contributed by atoms with Gasteiger partial charge in [0, 0.05) is 56.0 Å². The van der Waals surface area contributed by atoms with Crippen LogP contribution < -0.4 is 0 Å². The maximum absolute atomic E-state index is 12.9. The second-order valence-corrected chi connectivity index (χ2v) is 6.68. The van der Waals surface area contributed by atoms with Crippen LogP contribution in [0.15, 0.2) is 48.8 Å². The second-order valence-electron chi connectivity index (χ2n) is 6.68. The van der Waals surface area contributed by atoms with E-state index in [4.69, 9.17) is 0 Å². The minimum atomic E-state index is -0.457. The Labute approximate surface area is 151 Å². The average Bonchev–Trinajstić information content (AvgIpc) is 3.07. The monoisotopic (exact) mass is 352 g/mol. The van der Waals surface area contributed by atoms with E-state index in [9.17, 15) is 9.18 Å². The van der Waals surface area contributed by atoms with Gasteiger partial charge in [-0.1, -0.05) is 24.3 Å². The van der Waals surface area contributed by atoms with Crippen molar-refractivity contribution in [3.8, 4) is 0 Å². The molecule has 3 aromatic rings. The SMILES string of the molecule is O=C(Cc1c[nH]c2ccccc12)N1CCN(Cc2ccc(F)nc2)CC1. The number of benzene rings is 1. The lowest BCUT2D eigenvalue weighted by atomic mass is 10.1. The number of carbonyl (C=O) groups excluding carboxylic acids is 1. The molecular weight excluding hydrogens is 331 g/mol. The van der Waals surface area contributed by atoms with E-state index in [-0.39, 0.29) is 5.91 Å². The van der Waals surface area contributed by atoms with Gasteiger partial charge in [0.15, 0.2) is 0 Å². The quantitative estimate of drug-likeness (QED) is 0.735. The number of hydrogen-bond acceptors (Lipinski definition) is 3. The summed E-state index contributed by atoms with van der Waals surface area (Å²) in [5, 5.41) is 1.11. The van der Waals surface area contributed by atoms with Gasteiger partial charge in [0.05, 0.1) is 6.42 Å². The first-order chi connectivity index (χ1) is 12.7. The maximum Gasteiger partial charge on any atom is 0.227 e. The van der Waals surface area contributed by atoms with Gasteiger partial charge in [-0.05, 0) is 23.3 Å². The Balaban J connectivity index is 1.32. The molecule has 0 bridgehead atoms. The summed E-state index contributed by atoms with van der Waals surface area (Å²) in [4.78, 5) is 23.8. The van der Waals surface area contributed by atoms with Crippen LogP contribution in [-0.4, -0.2) is 51.9 Å². The number of piperazine rings is 1. The van der Waals surface area contributed by atoms with Crippen molar-refractivity contribution in [3.63, 3.8) is 0 Å². The summed E-state index contributed by atoms with van der Waals surface area (Å²) in [5.74, 6) is -0.292. The molecule has 0 spiro atoms. The fourth-order valence-electron chi connectivity index (χ4n) is 3.47. The van der Waals surface area contributed by atoms with Crippen LogP contribution in [0.3, 0.4) is 0 Å². The zero-order valence-corrected chi connectivity index (χ0v) is 14.5. The number of rotatable bonds is 4. The standard InChI is InChI=1S/C20H21FN4O/c21-19-6-5-15(12-23-19)14-24-7-9-25(10-8-24)20(26)11-16-13-22-18-4-2-1-3-17(16)18/h1-6,12-13,22H,7-11,14H2. The number of para-hydroxylation sites is 1. The zero-order valence-electron chi connectivity index (χ0n) is 14.5. The van der Waals surface area contributed by atoms with Crippen LogP contribution in [0.25, 0.3) is 10.9 Å². The van der Waals surface area contributed by atoms with Gasteiger partial charge < -0.3 is 9.88 Å². The molecule has 134 valence electrons. The molecule has 0 unspecified atom stereocenters. The lowest BCUT2D eigenvalue weighted by Gasteiger charge is -2.34. The Morgan fingerprint density at radius 3 is 2.69 bits per heavy atom. The van der Waals surface area contributed by atoms with E-state index in [1.54, 1.807) is 12.3 Å². The number of carbonyl (C=O) groups is 1. The van der Waals surface area contributed by atoms with Crippen LogP contribution in [0.2, 0.25) is 0 Å². The Kier molecular flexibility index (Phi) is 4.67. The van der Waals surface area contributed by atoms with Gasteiger partial charge in [-0.2, -0.15) is 4.39 Å². The largest absolute Gasteiger partial charge is 0.361 e. The van der Waals surface area contributed by atoms with Crippen molar-refractivity contribution in [3.05, 3.63) is 65.9 Å². The van der Waals surface area contributed by atoms with Crippen LogP contribution in [0.4, 0.5) is 4.39 Å². The number of H-pyrrole nitrogens is 1. The molecule has 1 amide bonds. The minimum Gasteiger partial charge on any atom is -0.361 e. The number of pyridine rings is 1. The molecule has 1 saturated heterocycles. The predicted molar refractivity (Wildman–Crippen MR) is 98.1 cm³/mol. The Bertz CT molecular complexity index is 898. The molecule has 6 heteroatoms. The summed E-state index contributed by atoms with van der Waals surface area (Å²) in [7, 11) is 0.